The van der Waals surface area contributed by atoms with Crippen molar-refractivity contribution >= 4 is 17.7 Å². The second-order valence-corrected chi connectivity index (χ2v) is 7.62. The minimum absolute atomic E-state index is 0.331. The number of carbonyl (C=O) groups excluding carboxylic acids is 1. The van der Waals surface area contributed by atoms with Crippen LogP contribution in [-0.2, 0) is 14.3 Å². The number of ether oxygens (including phenoxy) is 3. The SMILES string of the molecule is CCCCOCCOc1ccc(-c2ccc(N(C)CCC)c(/C=C/C(=O)OCC)c2)cc1. The Hall–Kier alpha value is -2.79. The molecule has 0 unspecified atom stereocenters. The van der Waals surface area contributed by atoms with Gasteiger partial charge in [0.05, 0.1) is 13.2 Å². The molecule has 5 heteroatoms. The highest BCUT2D eigenvalue weighted by molar-refractivity contribution is 5.89. The van der Waals surface area contributed by atoms with Gasteiger partial charge in [0.1, 0.15) is 12.4 Å². The second-order valence-electron chi connectivity index (χ2n) is 7.62. The monoisotopic (exact) mass is 439 g/mol. The molecule has 0 aliphatic heterocycles. The zero-order chi connectivity index (χ0) is 23.2. The number of anilines is 1. The number of unbranched alkanes of at least 4 members (excludes halogenated alkanes) is 1. The number of benzene rings is 2. The highest BCUT2D eigenvalue weighted by atomic mass is 16.5. The molecule has 2 aromatic rings. The minimum atomic E-state index is -0.331. The molecule has 0 fully saturated rings. The van der Waals surface area contributed by atoms with Crippen molar-refractivity contribution in [2.24, 2.45) is 0 Å². The van der Waals surface area contributed by atoms with Crippen LogP contribution in [0, 0.1) is 0 Å². The van der Waals surface area contributed by atoms with Gasteiger partial charge in [-0.05, 0) is 66.8 Å². The molecule has 0 atom stereocenters. The van der Waals surface area contributed by atoms with E-state index in [0.717, 1.165) is 60.5 Å². The van der Waals surface area contributed by atoms with E-state index in [0.29, 0.717) is 19.8 Å². The van der Waals surface area contributed by atoms with Gasteiger partial charge in [0, 0.05) is 32.0 Å². The molecule has 0 N–H and O–H groups in total. The van der Waals surface area contributed by atoms with Crippen LogP contribution in [0.3, 0.4) is 0 Å². The molecule has 0 aliphatic rings. The molecule has 2 aromatic carbocycles. The third-order valence-electron chi connectivity index (χ3n) is 5.01. The zero-order valence-electron chi connectivity index (χ0n) is 19.9. The van der Waals surface area contributed by atoms with E-state index in [-0.39, 0.29) is 5.97 Å². The van der Waals surface area contributed by atoms with Crippen LogP contribution in [0.1, 0.15) is 45.6 Å². The van der Waals surface area contributed by atoms with Crippen molar-refractivity contribution in [2.45, 2.75) is 40.0 Å². The van der Waals surface area contributed by atoms with E-state index in [1.54, 1.807) is 6.92 Å². The molecule has 0 spiro atoms. The summed E-state index contributed by atoms with van der Waals surface area (Å²) in [6.07, 6.45) is 6.59. The van der Waals surface area contributed by atoms with Crippen LogP contribution in [0.25, 0.3) is 17.2 Å². The summed E-state index contributed by atoms with van der Waals surface area (Å²) in [4.78, 5) is 14.0. The fourth-order valence-corrected chi connectivity index (χ4v) is 3.33. The first-order valence-corrected chi connectivity index (χ1v) is 11.6. The van der Waals surface area contributed by atoms with Crippen molar-refractivity contribution in [1.29, 1.82) is 0 Å². The van der Waals surface area contributed by atoms with Crippen molar-refractivity contribution in [3.63, 3.8) is 0 Å². The van der Waals surface area contributed by atoms with Crippen LogP contribution in [0.4, 0.5) is 5.69 Å². The second kappa shape index (κ2) is 14.3. The summed E-state index contributed by atoms with van der Waals surface area (Å²) in [5, 5.41) is 0. The fourth-order valence-electron chi connectivity index (χ4n) is 3.33. The molecule has 0 saturated heterocycles. The smallest absolute Gasteiger partial charge is 0.330 e. The van der Waals surface area contributed by atoms with Gasteiger partial charge < -0.3 is 19.1 Å². The van der Waals surface area contributed by atoms with Gasteiger partial charge in [-0.1, -0.05) is 38.5 Å². The Bertz CT molecular complexity index is 845. The average Bonchev–Trinajstić information content (AvgIpc) is 2.80. The van der Waals surface area contributed by atoms with Gasteiger partial charge in [0.15, 0.2) is 0 Å². The number of hydrogen-bond donors (Lipinski definition) is 0. The molecular formula is C27H37NO4. The van der Waals surface area contributed by atoms with Gasteiger partial charge in [0.25, 0.3) is 0 Å². The Morgan fingerprint density at radius 3 is 2.38 bits per heavy atom. The summed E-state index contributed by atoms with van der Waals surface area (Å²) >= 11 is 0. The molecule has 32 heavy (non-hydrogen) atoms. The van der Waals surface area contributed by atoms with Crippen LogP contribution in [0.2, 0.25) is 0 Å². The van der Waals surface area contributed by atoms with E-state index in [1.165, 1.54) is 6.08 Å². The first-order chi connectivity index (χ1) is 15.6. The van der Waals surface area contributed by atoms with Crippen LogP contribution in [0.15, 0.2) is 48.5 Å². The lowest BCUT2D eigenvalue weighted by Crippen LogP contribution is -2.18. The molecule has 0 heterocycles. The Balaban J connectivity index is 2.12. The Kier molecular flexibility index (Phi) is 11.4. The van der Waals surface area contributed by atoms with Gasteiger partial charge in [0.2, 0.25) is 0 Å². The lowest BCUT2D eigenvalue weighted by atomic mass is 10.0. The van der Waals surface area contributed by atoms with Gasteiger partial charge in [-0.25, -0.2) is 4.79 Å². The van der Waals surface area contributed by atoms with Crippen LogP contribution >= 0.6 is 0 Å². The number of nitrogens with zero attached hydrogens (tertiary/aromatic N) is 1. The largest absolute Gasteiger partial charge is 0.491 e. The van der Waals surface area contributed by atoms with Crippen molar-refractivity contribution < 1.29 is 19.0 Å². The molecule has 0 bridgehead atoms. The summed E-state index contributed by atoms with van der Waals surface area (Å²) in [5.74, 6) is 0.497. The van der Waals surface area contributed by atoms with E-state index in [2.05, 4.69) is 56.1 Å². The van der Waals surface area contributed by atoms with E-state index >= 15 is 0 Å². The fraction of sp³-hybridized carbons (Fsp3) is 0.444. The van der Waals surface area contributed by atoms with Gasteiger partial charge >= 0.3 is 5.97 Å². The summed E-state index contributed by atoms with van der Waals surface area (Å²) in [6, 6.07) is 14.4. The number of carbonyl (C=O) groups is 1. The molecule has 0 radical (unpaired) electrons. The highest BCUT2D eigenvalue weighted by Gasteiger charge is 2.09. The van der Waals surface area contributed by atoms with E-state index in [1.807, 2.05) is 18.2 Å². The normalized spacial score (nSPS) is 11.0. The topological polar surface area (TPSA) is 48.0 Å². The standard InChI is InChI=1S/C27H37NO4/c1-5-8-18-30-19-20-32-25-13-9-22(10-14-25)23-11-15-26(28(4)17-6-2)24(21-23)12-16-27(29)31-7-3/h9-16,21H,5-8,17-20H2,1-4H3/b16-12+. The quantitative estimate of drug-likeness (QED) is 0.206. The average molecular weight is 440 g/mol. The first-order valence-electron chi connectivity index (χ1n) is 11.6. The van der Waals surface area contributed by atoms with Crippen molar-refractivity contribution in [1.82, 2.24) is 0 Å². The third kappa shape index (κ3) is 8.39. The number of esters is 1. The molecular weight excluding hydrogens is 402 g/mol. The Labute approximate surface area is 193 Å². The van der Waals surface area contributed by atoms with E-state index in [4.69, 9.17) is 14.2 Å². The molecule has 2 rings (SSSR count). The Morgan fingerprint density at radius 1 is 0.938 bits per heavy atom. The molecule has 0 aliphatic carbocycles. The predicted octanol–water partition coefficient (Wildman–Crippen LogP) is 5.97. The number of rotatable bonds is 14. The van der Waals surface area contributed by atoms with Gasteiger partial charge in [-0.15, -0.1) is 0 Å². The van der Waals surface area contributed by atoms with Crippen molar-refractivity contribution in [3.05, 3.63) is 54.1 Å². The van der Waals surface area contributed by atoms with Crippen molar-refractivity contribution in [2.75, 3.05) is 44.9 Å². The first kappa shape index (κ1) is 25.5. The maximum atomic E-state index is 11.8. The zero-order valence-corrected chi connectivity index (χ0v) is 19.9. The highest BCUT2D eigenvalue weighted by Crippen LogP contribution is 2.29. The van der Waals surface area contributed by atoms with Crippen LogP contribution in [-0.4, -0.2) is 46.0 Å². The van der Waals surface area contributed by atoms with E-state index < -0.39 is 0 Å². The van der Waals surface area contributed by atoms with Gasteiger partial charge in [-0.2, -0.15) is 0 Å². The number of hydrogen-bond acceptors (Lipinski definition) is 5. The Morgan fingerprint density at radius 2 is 1.69 bits per heavy atom. The van der Waals surface area contributed by atoms with Crippen LogP contribution < -0.4 is 9.64 Å². The molecule has 0 saturated carbocycles. The third-order valence-corrected chi connectivity index (χ3v) is 5.01. The van der Waals surface area contributed by atoms with Crippen LogP contribution in [0.5, 0.6) is 5.75 Å². The van der Waals surface area contributed by atoms with Crippen molar-refractivity contribution in [3.8, 4) is 16.9 Å². The molecule has 174 valence electrons. The lowest BCUT2D eigenvalue weighted by molar-refractivity contribution is -0.137. The summed E-state index contributed by atoms with van der Waals surface area (Å²) in [7, 11) is 2.07. The minimum Gasteiger partial charge on any atom is -0.491 e. The molecule has 5 nitrogen and oxygen atoms in total. The maximum absolute atomic E-state index is 11.8. The summed E-state index contributed by atoms with van der Waals surface area (Å²) in [6.45, 7) is 9.35. The van der Waals surface area contributed by atoms with E-state index in [9.17, 15) is 4.79 Å². The maximum Gasteiger partial charge on any atom is 0.330 e. The predicted molar refractivity (Wildman–Crippen MR) is 132 cm³/mol. The lowest BCUT2D eigenvalue weighted by Gasteiger charge is -2.21. The van der Waals surface area contributed by atoms with Gasteiger partial charge in [-0.3, -0.25) is 0 Å². The molecule has 0 aromatic heterocycles. The summed E-state index contributed by atoms with van der Waals surface area (Å²) in [5.41, 5.74) is 4.24. The summed E-state index contributed by atoms with van der Waals surface area (Å²) < 4.78 is 16.3. The molecule has 0 amide bonds.